The van der Waals surface area contributed by atoms with E-state index in [4.69, 9.17) is 4.52 Å². The molecule has 0 saturated heterocycles. The van der Waals surface area contributed by atoms with Crippen LogP contribution in [0.3, 0.4) is 0 Å². The molecule has 0 N–H and O–H groups in total. The van der Waals surface area contributed by atoms with Gasteiger partial charge in [-0.2, -0.15) is 9.67 Å². The maximum Gasteiger partial charge on any atom is 0.404 e. The van der Waals surface area contributed by atoms with Crippen molar-refractivity contribution in [2.45, 2.75) is 26.3 Å². The summed E-state index contributed by atoms with van der Waals surface area (Å²) in [5.74, 6) is 0.778. The average molecular weight is 316 g/mol. The van der Waals surface area contributed by atoms with E-state index in [2.05, 4.69) is 31.2 Å². The van der Waals surface area contributed by atoms with Gasteiger partial charge in [-0.25, -0.2) is 0 Å². The Kier molecular flexibility index (Phi) is 3.70. The molecule has 0 bridgehead atoms. The first-order valence-electron chi connectivity index (χ1n) is 5.29. The SMILES string of the molecule is CCCc1noc(Cn2cc(Br)c([N+](=O)[O-])n2)n1. The average Bonchev–Trinajstić information content (AvgIpc) is 2.87. The molecule has 2 aromatic rings. The zero-order valence-corrected chi connectivity index (χ0v) is 11.1. The number of aryl methyl sites for hydroxylation is 1. The van der Waals surface area contributed by atoms with E-state index in [0.29, 0.717) is 16.2 Å². The number of hydrogen-bond donors (Lipinski definition) is 0. The van der Waals surface area contributed by atoms with E-state index in [9.17, 15) is 10.1 Å². The Morgan fingerprint density at radius 3 is 3.00 bits per heavy atom. The van der Waals surface area contributed by atoms with Crippen LogP contribution in [0.2, 0.25) is 0 Å². The van der Waals surface area contributed by atoms with Gasteiger partial charge in [-0.3, -0.25) is 0 Å². The lowest BCUT2D eigenvalue weighted by molar-refractivity contribution is -0.390. The molecular formula is C9H10BrN5O3. The van der Waals surface area contributed by atoms with Gasteiger partial charge in [0.1, 0.15) is 11.0 Å². The van der Waals surface area contributed by atoms with E-state index < -0.39 is 4.92 Å². The van der Waals surface area contributed by atoms with Crippen LogP contribution in [0, 0.1) is 10.1 Å². The number of rotatable bonds is 5. The van der Waals surface area contributed by atoms with Gasteiger partial charge in [-0.05, 0) is 27.3 Å². The number of hydrogen-bond acceptors (Lipinski definition) is 6. The lowest BCUT2D eigenvalue weighted by Crippen LogP contribution is -2.01. The second kappa shape index (κ2) is 5.25. The molecule has 96 valence electrons. The summed E-state index contributed by atoms with van der Waals surface area (Å²) in [6.07, 6.45) is 3.17. The van der Waals surface area contributed by atoms with Crippen molar-refractivity contribution >= 4 is 21.7 Å². The number of nitrogens with zero attached hydrogens (tertiary/aromatic N) is 5. The molecule has 2 rings (SSSR count). The van der Waals surface area contributed by atoms with Crippen LogP contribution >= 0.6 is 15.9 Å². The van der Waals surface area contributed by atoms with E-state index in [1.165, 1.54) is 10.9 Å². The molecule has 2 aromatic heterocycles. The predicted molar refractivity (Wildman–Crippen MR) is 64.0 cm³/mol. The molecule has 0 fully saturated rings. The van der Waals surface area contributed by atoms with Gasteiger partial charge in [0.15, 0.2) is 5.82 Å². The second-order valence-electron chi connectivity index (χ2n) is 3.61. The molecule has 0 atom stereocenters. The molecule has 0 saturated carbocycles. The first-order chi connectivity index (χ1) is 8.60. The fourth-order valence-corrected chi connectivity index (χ4v) is 1.87. The van der Waals surface area contributed by atoms with Gasteiger partial charge in [0.2, 0.25) is 5.89 Å². The van der Waals surface area contributed by atoms with Crippen LogP contribution in [0.4, 0.5) is 5.82 Å². The van der Waals surface area contributed by atoms with Crippen LogP contribution < -0.4 is 0 Å². The fourth-order valence-electron chi connectivity index (χ4n) is 1.41. The zero-order chi connectivity index (χ0) is 13.1. The molecule has 2 heterocycles. The van der Waals surface area contributed by atoms with Crippen molar-refractivity contribution in [2.75, 3.05) is 0 Å². The van der Waals surface area contributed by atoms with Crippen LogP contribution in [0.25, 0.3) is 0 Å². The van der Waals surface area contributed by atoms with Crippen molar-refractivity contribution < 1.29 is 9.45 Å². The Balaban J connectivity index is 2.13. The summed E-state index contributed by atoms with van der Waals surface area (Å²) < 4.78 is 6.72. The van der Waals surface area contributed by atoms with E-state index in [0.717, 1.165) is 12.8 Å². The van der Waals surface area contributed by atoms with Gasteiger partial charge >= 0.3 is 5.82 Å². The highest BCUT2D eigenvalue weighted by atomic mass is 79.9. The molecule has 0 unspecified atom stereocenters. The van der Waals surface area contributed by atoms with Crippen molar-refractivity contribution in [3.8, 4) is 0 Å². The van der Waals surface area contributed by atoms with Crippen molar-refractivity contribution in [1.82, 2.24) is 19.9 Å². The molecule has 0 radical (unpaired) electrons. The smallest absolute Gasteiger partial charge is 0.358 e. The molecule has 0 spiro atoms. The molecule has 8 nitrogen and oxygen atoms in total. The summed E-state index contributed by atoms with van der Waals surface area (Å²) in [4.78, 5) is 14.2. The van der Waals surface area contributed by atoms with Crippen LogP contribution in [0.5, 0.6) is 0 Å². The standard InChI is InChI=1S/C9H10BrN5O3/c1-2-3-7-11-8(18-13-7)5-14-4-6(10)9(12-14)15(16)17/h4H,2-3,5H2,1H3. The summed E-state index contributed by atoms with van der Waals surface area (Å²) in [7, 11) is 0. The minimum atomic E-state index is -0.559. The summed E-state index contributed by atoms with van der Waals surface area (Å²) in [5, 5.41) is 18.2. The topological polar surface area (TPSA) is 99.9 Å². The highest BCUT2D eigenvalue weighted by Crippen LogP contribution is 2.22. The fraction of sp³-hybridized carbons (Fsp3) is 0.444. The Morgan fingerprint density at radius 2 is 2.39 bits per heavy atom. The lowest BCUT2D eigenvalue weighted by Gasteiger charge is -1.88. The van der Waals surface area contributed by atoms with Crippen LogP contribution in [0.15, 0.2) is 15.2 Å². The molecule has 0 aliphatic rings. The normalized spacial score (nSPS) is 10.8. The minimum absolute atomic E-state index is 0.211. The van der Waals surface area contributed by atoms with Gasteiger partial charge in [-0.15, -0.1) is 0 Å². The van der Waals surface area contributed by atoms with Gasteiger partial charge in [0.25, 0.3) is 0 Å². The van der Waals surface area contributed by atoms with Gasteiger partial charge < -0.3 is 14.6 Å². The highest BCUT2D eigenvalue weighted by molar-refractivity contribution is 9.10. The molecule has 0 aromatic carbocycles. The summed E-state index contributed by atoms with van der Waals surface area (Å²) in [5.41, 5.74) is 0. The molecule has 9 heteroatoms. The summed E-state index contributed by atoms with van der Waals surface area (Å²) in [6, 6.07) is 0. The minimum Gasteiger partial charge on any atom is -0.358 e. The zero-order valence-electron chi connectivity index (χ0n) is 9.54. The Hall–Kier alpha value is -1.77. The molecule has 0 aliphatic carbocycles. The molecule has 0 aliphatic heterocycles. The quantitative estimate of drug-likeness (QED) is 0.617. The Bertz CT molecular complexity index is 564. The van der Waals surface area contributed by atoms with Gasteiger partial charge in [0.05, 0.1) is 11.3 Å². The number of halogens is 1. The van der Waals surface area contributed by atoms with Crippen LogP contribution in [-0.4, -0.2) is 24.8 Å². The maximum atomic E-state index is 10.6. The largest absolute Gasteiger partial charge is 0.404 e. The predicted octanol–water partition coefficient (Wildman–Crippen LogP) is 1.94. The van der Waals surface area contributed by atoms with E-state index in [1.54, 1.807) is 0 Å². The molecule has 18 heavy (non-hydrogen) atoms. The van der Waals surface area contributed by atoms with Crippen LogP contribution in [-0.2, 0) is 13.0 Å². The Morgan fingerprint density at radius 1 is 1.61 bits per heavy atom. The Labute approximate surface area is 110 Å². The number of aromatic nitrogens is 4. The van der Waals surface area contributed by atoms with Crippen molar-refractivity contribution in [1.29, 1.82) is 0 Å². The van der Waals surface area contributed by atoms with Crippen molar-refractivity contribution in [3.05, 3.63) is 32.5 Å². The van der Waals surface area contributed by atoms with Crippen molar-refractivity contribution in [2.24, 2.45) is 0 Å². The second-order valence-corrected chi connectivity index (χ2v) is 4.46. The monoisotopic (exact) mass is 315 g/mol. The number of nitro groups is 1. The van der Waals surface area contributed by atoms with Crippen LogP contribution in [0.1, 0.15) is 25.1 Å². The third kappa shape index (κ3) is 2.73. The lowest BCUT2D eigenvalue weighted by atomic mass is 10.3. The third-order valence-corrected chi connectivity index (χ3v) is 2.71. The highest BCUT2D eigenvalue weighted by Gasteiger charge is 2.19. The van der Waals surface area contributed by atoms with E-state index in [1.807, 2.05) is 6.92 Å². The molecular weight excluding hydrogens is 306 g/mol. The maximum absolute atomic E-state index is 10.6. The van der Waals surface area contributed by atoms with E-state index >= 15 is 0 Å². The van der Waals surface area contributed by atoms with Gasteiger partial charge in [0, 0.05) is 6.42 Å². The molecule has 0 amide bonds. The first-order valence-corrected chi connectivity index (χ1v) is 6.08. The first kappa shape index (κ1) is 12.7. The van der Waals surface area contributed by atoms with Gasteiger partial charge in [-0.1, -0.05) is 12.1 Å². The third-order valence-electron chi connectivity index (χ3n) is 2.15. The summed E-state index contributed by atoms with van der Waals surface area (Å²) >= 11 is 3.07. The summed E-state index contributed by atoms with van der Waals surface area (Å²) in [6.45, 7) is 2.23. The van der Waals surface area contributed by atoms with E-state index in [-0.39, 0.29) is 12.4 Å². The van der Waals surface area contributed by atoms with Crippen molar-refractivity contribution in [3.63, 3.8) is 0 Å².